The van der Waals surface area contributed by atoms with Crippen molar-refractivity contribution >= 4 is 22.7 Å². The van der Waals surface area contributed by atoms with E-state index in [0.717, 1.165) is 25.7 Å². The fraction of sp³-hybridized carbons (Fsp3) is 0.333. The molecule has 2 N–H and O–H groups in total. The van der Waals surface area contributed by atoms with E-state index in [9.17, 15) is 20.2 Å². The van der Waals surface area contributed by atoms with Crippen molar-refractivity contribution in [1.29, 1.82) is 0 Å². The van der Waals surface area contributed by atoms with Gasteiger partial charge in [-0.05, 0) is 25.0 Å². The van der Waals surface area contributed by atoms with Crippen LogP contribution in [0.15, 0.2) is 48.5 Å². The molecular formula is C18H20N4O4. The zero-order valence-electron chi connectivity index (χ0n) is 14.1. The first-order valence-corrected chi connectivity index (χ1v) is 8.56. The molecular weight excluding hydrogens is 336 g/mol. The van der Waals surface area contributed by atoms with Gasteiger partial charge in [0.05, 0.1) is 9.85 Å². The molecule has 0 saturated heterocycles. The number of para-hydroxylation sites is 4. The van der Waals surface area contributed by atoms with Crippen LogP contribution in [0.1, 0.15) is 25.7 Å². The van der Waals surface area contributed by atoms with Crippen LogP contribution in [0.4, 0.5) is 22.7 Å². The number of nitro groups is 2. The molecule has 2 atom stereocenters. The molecule has 0 aromatic heterocycles. The minimum atomic E-state index is -0.407. The van der Waals surface area contributed by atoms with Crippen LogP contribution in [0.25, 0.3) is 0 Å². The lowest BCUT2D eigenvalue weighted by Crippen LogP contribution is -2.42. The van der Waals surface area contributed by atoms with E-state index >= 15 is 0 Å². The normalized spacial score (nSPS) is 19.5. The lowest BCUT2D eigenvalue weighted by Gasteiger charge is -2.34. The molecule has 0 amide bonds. The minimum Gasteiger partial charge on any atom is -0.375 e. The lowest BCUT2D eigenvalue weighted by atomic mass is 9.89. The van der Waals surface area contributed by atoms with Gasteiger partial charge in [-0.1, -0.05) is 37.1 Å². The molecule has 26 heavy (non-hydrogen) atoms. The standard InChI is InChI=1S/C18H20N4O4/c23-21(24)17-11-5-3-9-15(17)19-13-7-1-2-8-14(13)20-16-10-4-6-12-18(16)22(25)26/h3-6,9-14,19-20H,1-2,7-8H2/t13-,14-/m0/s1. The summed E-state index contributed by atoms with van der Waals surface area (Å²) < 4.78 is 0. The Morgan fingerprint density at radius 1 is 0.731 bits per heavy atom. The van der Waals surface area contributed by atoms with Crippen molar-refractivity contribution in [3.8, 4) is 0 Å². The van der Waals surface area contributed by atoms with Crippen LogP contribution in [-0.2, 0) is 0 Å². The van der Waals surface area contributed by atoms with Gasteiger partial charge in [0.1, 0.15) is 11.4 Å². The molecule has 2 aromatic rings. The predicted octanol–water partition coefficient (Wildman–Crippen LogP) is 4.34. The van der Waals surface area contributed by atoms with Gasteiger partial charge in [0.2, 0.25) is 0 Å². The second-order valence-corrected chi connectivity index (χ2v) is 6.33. The molecule has 1 aliphatic carbocycles. The van der Waals surface area contributed by atoms with Gasteiger partial charge in [-0.2, -0.15) is 0 Å². The summed E-state index contributed by atoms with van der Waals surface area (Å²) in [6, 6.07) is 13.0. The van der Waals surface area contributed by atoms with E-state index in [1.165, 1.54) is 12.1 Å². The summed E-state index contributed by atoms with van der Waals surface area (Å²) in [4.78, 5) is 21.6. The van der Waals surface area contributed by atoms with E-state index in [1.807, 2.05) is 0 Å². The van der Waals surface area contributed by atoms with Crippen LogP contribution in [0.2, 0.25) is 0 Å². The number of nitro benzene ring substituents is 2. The van der Waals surface area contributed by atoms with Crippen molar-refractivity contribution in [2.75, 3.05) is 10.6 Å². The van der Waals surface area contributed by atoms with Crippen molar-refractivity contribution in [1.82, 2.24) is 0 Å². The maximum absolute atomic E-state index is 11.2. The highest BCUT2D eigenvalue weighted by molar-refractivity contribution is 5.64. The number of benzene rings is 2. The first kappa shape index (κ1) is 17.7. The van der Waals surface area contributed by atoms with Gasteiger partial charge in [0.15, 0.2) is 0 Å². The van der Waals surface area contributed by atoms with Gasteiger partial charge in [-0.25, -0.2) is 0 Å². The second-order valence-electron chi connectivity index (χ2n) is 6.33. The van der Waals surface area contributed by atoms with E-state index in [1.54, 1.807) is 36.4 Å². The van der Waals surface area contributed by atoms with Crippen LogP contribution in [0, 0.1) is 20.2 Å². The summed E-state index contributed by atoms with van der Waals surface area (Å²) >= 11 is 0. The molecule has 1 fully saturated rings. The lowest BCUT2D eigenvalue weighted by molar-refractivity contribution is -0.384. The molecule has 1 saturated carbocycles. The van der Waals surface area contributed by atoms with Crippen molar-refractivity contribution in [3.63, 3.8) is 0 Å². The summed E-state index contributed by atoms with van der Waals surface area (Å²) in [6.07, 6.45) is 3.69. The molecule has 0 radical (unpaired) electrons. The summed E-state index contributed by atoms with van der Waals surface area (Å²) in [5.41, 5.74) is 1.00. The molecule has 8 nitrogen and oxygen atoms in total. The molecule has 0 bridgehead atoms. The second kappa shape index (κ2) is 7.81. The fourth-order valence-electron chi connectivity index (χ4n) is 3.39. The maximum Gasteiger partial charge on any atom is 0.292 e. The first-order chi connectivity index (χ1) is 12.6. The summed E-state index contributed by atoms with van der Waals surface area (Å²) in [6.45, 7) is 0. The summed E-state index contributed by atoms with van der Waals surface area (Å²) in [5.74, 6) is 0. The Bertz CT molecular complexity index is 744. The molecule has 0 aliphatic heterocycles. The van der Waals surface area contributed by atoms with Gasteiger partial charge < -0.3 is 10.6 Å². The van der Waals surface area contributed by atoms with Gasteiger partial charge in [-0.3, -0.25) is 20.2 Å². The molecule has 0 spiro atoms. The predicted molar refractivity (Wildman–Crippen MR) is 99.5 cm³/mol. The molecule has 0 heterocycles. The highest BCUT2D eigenvalue weighted by atomic mass is 16.6. The SMILES string of the molecule is O=[N+]([O-])c1ccccc1N[C@H]1CCCC[C@@H]1Nc1ccccc1[N+](=O)[O-]. The van der Waals surface area contributed by atoms with Crippen LogP contribution >= 0.6 is 0 Å². The molecule has 3 rings (SSSR count). The van der Waals surface area contributed by atoms with E-state index in [-0.39, 0.29) is 23.5 Å². The van der Waals surface area contributed by atoms with Crippen molar-refractivity contribution in [3.05, 3.63) is 68.8 Å². The van der Waals surface area contributed by atoms with Crippen LogP contribution in [0.5, 0.6) is 0 Å². The number of nitrogens with zero attached hydrogens (tertiary/aromatic N) is 2. The van der Waals surface area contributed by atoms with E-state index in [2.05, 4.69) is 10.6 Å². The van der Waals surface area contributed by atoms with Crippen molar-refractivity contribution in [2.24, 2.45) is 0 Å². The number of hydrogen-bond acceptors (Lipinski definition) is 6. The Morgan fingerprint density at radius 2 is 1.12 bits per heavy atom. The number of hydrogen-bond donors (Lipinski definition) is 2. The third-order valence-electron chi connectivity index (χ3n) is 4.65. The monoisotopic (exact) mass is 356 g/mol. The quantitative estimate of drug-likeness (QED) is 0.588. The van der Waals surface area contributed by atoms with E-state index < -0.39 is 9.85 Å². The maximum atomic E-state index is 11.2. The molecule has 1 aliphatic rings. The fourth-order valence-corrected chi connectivity index (χ4v) is 3.39. The Morgan fingerprint density at radius 3 is 1.50 bits per heavy atom. The number of anilines is 2. The highest BCUT2D eigenvalue weighted by Crippen LogP contribution is 2.31. The first-order valence-electron chi connectivity index (χ1n) is 8.56. The van der Waals surface area contributed by atoms with Gasteiger partial charge >= 0.3 is 0 Å². The zero-order chi connectivity index (χ0) is 18.5. The topological polar surface area (TPSA) is 110 Å². The molecule has 136 valence electrons. The molecule has 2 aromatic carbocycles. The smallest absolute Gasteiger partial charge is 0.292 e. The highest BCUT2D eigenvalue weighted by Gasteiger charge is 2.28. The number of nitrogens with one attached hydrogen (secondary N) is 2. The average Bonchev–Trinajstić information content (AvgIpc) is 2.64. The van der Waals surface area contributed by atoms with Crippen LogP contribution in [0.3, 0.4) is 0 Å². The third kappa shape index (κ3) is 3.90. The summed E-state index contributed by atoms with van der Waals surface area (Å²) in [5, 5.41) is 29.0. The van der Waals surface area contributed by atoms with Crippen LogP contribution in [-0.4, -0.2) is 21.9 Å². The zero-order valence-corrected chi connectivity index (χ0v) is 14.1. The minimum absolute atomic E-state index is 0.0301. The van der Waals surface area contributed by atoms with Gasteiger partial charge in [-0.15, -0.1) is 0 Å². The van der Waals surface area contributed by atoms with Gasteiger partial charge in [0, 0.05) is 24.2 Å². The van der Waals surface area contributed by atoms with Crippen molar-refractivity contribution in [2.45, 2.75) is 37.8 Å². The van der Waals surface area contributed by atoms with Gasteiger partial charge in [0.25, 0.3) is 11.4 Å². The molecule has 0 unspecified atom stereocenters. The Kier molecular flexibility index (Phi) is 5.31. The average molecular weight is 356 g/mol. The Hall–Kier alpha value is -3.16. The molecule has 8 heteroatoms. The summed E-state index contributed by atoms with van der Waals surface area (Å²) in [7, 11) is 0. The number of rotatable bonds is 6. The van der Waals surface area contributed by atoms with Crippen LogP contribution < -0.4 is 10.6 Å². The van der Waals surface area contributed by atoms with Crippen molar-refractivity contribution < 1.29 is 9.85 Å². The Balaban J connectivity index is 1.81. The third-order valence-corrected chi connectivity index (χ3v) is 4.65. The largest absolute Gasteiger partial charge is 0.375 e. The Labute approximate surface area is 150 Å². The van der Waals surface area contributed by atoms with E-state index in [0.29, 0.717) is 11.4 Å². The van der Waals surface area contributed by atoms with E-state index in [4.69, 9.17) is 0 Å².